The average Bonchev–Trinajstić information content (AvgIpc) is 3.36. The fourth-order valence-corrected chi connectivity index (χ4v) is 3.19. The van der Waals surface area contributed by atoms with Crippen LogP contribution >= 0.6 is 23.2 Å². The van der Waals surface area contributed by atoms with Crippen LogP contribution in [-0.2, 0) is 13.1 Å². The Morgan fingerprint density at radius 3 is 2.56 bits per heavy atom. The fourth-order valence-electron chi connectivity index (χ4n) is 2.72. The molecule has 1 saturated carbocycles. The minimum atomic E-state index is 0.513. The van der Waals surface area contributed by atoms with Crippen molar-refractivity contribution < 1.29 is 0 Å². The molecule has 1 heterocycles. The van der Waals surface area contributed by atoms with Gasteiger partial charge < -0.3 is 5.32 Å². The molecule has 0 unspecified atom stereocenters. The molecule has 0 aliphatic heterocycles. The Balaban J connectivity index is 1.63. The predicted octanol–water partition coefficient (Wildman–Crippen LogP) is 4.55. The molecule has 25 heavy (non-hydrogen) atoms. The fraction of sp³-hybridized carbons (Fsp3) is 0.263. The molecular weight excluding hydrogens is 355 g/mol. The summed E-state index contributed by atoms with van der Waals surface area (Å²) in [6.07, 6.45) is 2.49. The normalized spacial score (nSPS) is 14.0. The van der Waals surface area contributed by atoms with E-state index >= 15 is 0 Å². The van der Waals surface area contributed by atoms with E-state index in [-0.39, 0.29) is 0 Å². The largest absolute Gasteiger partial charge is 0.308 e. The second-order valence-electron chi connectivity index (χ2n) is 6.28. The second-order valence-corrected chi connectivity index (χ2v) is 7.13. The summed E-state index contributed by atoms with van der Waals surface area (Å²) in [5.74, 6) is 0. The molecule has 3 aromatic rings. The molecule has 0 saturated heterocycles. The first-order chi connectivity index (χ1) is 12.2. The van der Waals surface area contributed by atoms with Gasteiger partial charge in [-0.05, 0) is 30.5 Å². The summed E-state index contributed by atoms with van der Waals surface area (Å²) in [4.78, 5) is 1.71. The molecule has 2 aromatic carbocycles. The lowest BCUT2D eigenvalue weighted by Gasteiger charge is -2.04. The number of hydrogen-bond acceptors (Lipinski definition) is 3. The van der Waals surface area contributed by atoms with Crippen LogP contribution in [-0.4, -0.2) is 21.0 Å². The maximum absolute atomic E-state index is 6.29. The molecule has 0 atom stereocenters. The van der Waals surface area contributed by atoms with Crippen molar-refractivity contribution in [3.63, 3.8) is 0 Å². The van der Waals surface area contributed by atoms with Gasteiger partial charge in [0.1, 0.15) is 11.4 Å². The van der Waals surface area contributed by atoms with Gasteiger partial charge >= 0.3 is 0 Å². The third-order valence-electron chi connectivity index (χ3n) is 4.23. The molecule has 4 nitrogen and oxygen atoms in total. The van der Waals surface area contributed by atoms with Gasteiger partial charge in [0.2, 0.25) is 0 Å². The van der Waals surface area contributed by atoms with Crippen LogP contribution in [0.1, 0.15) is 24.1 Å². The van der Waals surface area contributed by atoms with Gasteiger partial charge in [0.15, 0.2) is 0 Å². The minimum absolute atomic E-state index is 0.513. The molecule has 0 spiro atoms. The molecule has 6 heteroatoms. The molecule has 4 rings (SSSR count). The van der Waals surface area contributed by atoms with Gasteiger partial charge in [-0.3, -0.25) is 0 Å². The van der Waals surface area contributed by atoms with Gasteiger partial charge in [-0.15, -0.1) is 0 Å². The van der Waals surface area contributed by atoms with Gasteiger partial charge in [-0.2, -0.15) is 15.0 Å². The molecule has 1 fully saturated rings. The summed E-state index contributed by atoms with van der Waals surface area (Å²) < 4.78 is 0. The highest BCUT2D eigenvalue weighted by Gasteiger charge is 2.22. The molecule has 1 aliphatic carbocycles. The van der Waals surface area contributed by atoms with Crippen LogP contribution < -0.4 is 5.32 Å². The quantitative estimate of drug-likeness (QED) is 0.689. The maximum Gasteiger partial charge on any atom is 0.117 e. The van der Waals surface area contributed by atoms with E-state index in [1.165, 1.54) is 12.8 Å². The lowest BCUT2D eigenvalue weighted by Crippen LogP contribution is -2.16. The predicted molar refractivity (Wildman–Crippen MR) is 101 cm³/mol. The van der Waals surface area contributed by atoms with Crippen LogP contribution in [0.15, 0.2) is 48.5 Å². The highest BCUT2D eigenvalue weighted by atomic mass is 35.5. The highest BCUT2D eigenvalue weighted by Crippen LogP contribution is 2.25. The van der Waals surface area contributed by atoms with E-state index < -0.39 is 0 Å². The Labute approximate surface area is 156 Å². The minimum Gasteiger partial charge on any atom is -0.308 e. The van der Waals surface area contributed by atoms with Gasteiger partial charge in [-0.1, -0.05) is 59.6 Å². The first kappa shape index (κ1) is 16.6. The van der Waals surface area contributed by atoms with Gasteiger partial charge in [0, 0.05) is 28.2 Å². The second kappa shape index (κ2) is 7.16. The number of nitrogens with one attached hydrogen (secondary N) is 1. The number of hydrogen-bond donors (Lipinski definition) is 1. The van der Waals surface area contributed by atoms with E-state index in [1.54, 1.807) is 10.9 Å². The Bertz CT molecular complexity index is 872. The van der Waals surface area contributed by atoms with E-state index in [0.29, 0.717) is 22.6 Å². The molecule has 1 aromatic heterocycles. The summed E-state index contributed by atoms with van der Waals surface area (Å²) >= 11 is 12.3. The standard InChI is InChI=1S/C19H18Cl2N4/c20-15-7-6-14(17(21)10-15)12-25-23-18(11-22-16-8-9-16)19(24-25)13-4-2-1-3-5-13/h1-7,10,16,22H,8-9,11-12H2. The van der Waals surface area contributed by atoms with Crippen LogP contribution in [0.25, 0.3) is 11.3 Å². The number of benzene rings is 2. The maximum atomic E-state index is 6.29. The van der Waals surface area contributed by atoms with Gasteiger partial charge in [0.05, 0.1) is 6.54 Å². The van der Waals surface area contributed by atoms with Crippen molar-refractivity contribution in [1.82, 2.24) is 20.3 Å². The van der Waals surface area contributed by atoms with E-state index in [1.807, 2.05) is 30.3 Å². The third-order valence-corrected chi connectivity index (χ3v) is 4.82. The average molecular weight is 373 g/mol. The molecular formula is C19H18Cl2N4. The lowest BCUT2D eigenvalue weighted by atomic mass is 10.1. The topological polar surface area (TPSA) is 42.7 Å². The number of aromatic nitrogens is 3. The lowest BCUT2D eigenvalue weighted by molar-refractivity contribution is 0.576. The Morgan fingerprint density at radius 1 is 1.04 bits per heavy atom. The number of rotatable bonds is 6. The summed E-state index contributed by atoms with van der Waals surface area (Å²) in [7, 11) is 0. The number of nitrogens with zero attached hydrogens (tertiary/aromatic N) is 3. The van der Waals surface area contributed by atoms with Crippen molar-refractivity contribution >= 4 is 23.2 Å². The van der Waals surface area contributed by atoms with Crippen molar-refractivity contribution in [2.24, 2.45) is 0 Å². The zero-order valence-corrected chi connectivity index (χ0v) is 15.1. The van der Waals surface area contributed by atoms with Crippen molar-refractivity contribution in [2.75, 3.05) is 0 Å². The zero-order valence-electron chi connectivity index (χ0n) is 13.6. The van der Waals surface area contributed by atoms with Crippen molar-refractivity contribution in [3.05, 3.63) is 69.8 Å². The van der Waals surface area contributed by atoms with Gasteiger partial charge in [0.25, 0.3) is 0 Å². The number of halogens is 2. The highest BCUT2D eigenvalue weighted by molar-refractivity contribution is 6.35. The third kappa shape index (κ3) is 4.03. The van der Waals surface area contributed by atoms with Gasteiger partial charge in [-0.25, -0.2) is 0 Å². The molecule has 1 aliphatic rings. The van der Waals surface area contributed by atoms with Crippen molar-refractivity contribution in [3.8, 4) is 11.3 Å². The van der Waals surface area contributed by atoms with E-state index in [4.69, 9.17) is 33.4 Å². The van der Waals surface area contributed by atoms with E-state index in [2.05, 4.69) is 17.4 Å². The van der Waals surface area contributed by atoms with E-state index in [0.717, 1.165) is 29.1 Å². The van der Waals surface area contributed by atoms with Crippen LogP contribution in [0.2, 0.25) is 10.0 Å². The molecule has 0 radical (unpaired) electrons. The molecule has 1 N–H and O–H groups in total. The first-order valence-electron chi connectivity index (χ1n) is 8.36. The molecule has 0 bridgehead atoms. The Morgan fingerprint density at radius 2 is 1.84 bits per heavy atom. The monoisotopic (exact) mass is 372 g/mol. The molecule has 0 amide bonds. The van der Waals surface area contributed by atoms with Crippen molar-refractivity contribution in [2.45, 2.75) is 32.0 Å². The SMILES string of the molecule is Clc1ccc(Cn2nc(CNC3CC3)c(-c3ccccc3)n2)c(Cl)c1. The van der Waals surface area contributed by atoms with Crippen LogP contribution in [0, 0.1) is 0 Å². The summed E-state index contributed by atoms with van der Waals surface area (Å²) in [6, 6.07) is 16.3. The smallest absolute Gasteiger partial charge is 0.117 e. The Hall–Kier alpha value is -1.88. The summed E-state index contributed by atoms with van der Waals surface area (Å²) in [5, 5.41) is 14.2. The van der Waals surface area contributed by atoms with E-state index in [9.17, 15) is 0 Å². The zero-order chi connectivity index (χ0) is 17.2. The van der Waals surface area contributed by atoms with Crippen LogP contribution in [0.3, 0.4) is 0 Å². The summed E-state index contributed by atoms with van der Waals surface area (Å²) in [6.45, 7) is 1.24. The van der Waals surface area contributed by atoms with Crippen LogP contribution in [0.5, 0.6) is 0 Å². The summed E-state index contributed by atoms with van der Waals surface area (Å²) in [5.41, 5.74) is 3.90. The van der Waals surface area contributed by atoms with Crippen LogP contribution in [0.4, 0.5) is 0 Å². The Kier molecular flexibility index (Phi) is 4.75. The van der Waals surface area contributed by atoms with Crippen molar-refractivity contribution in [1.29, 1.82) is 0 Å². The first-order valence-corrected chi connectivity index (χ1v) is 9.11. The molecule has 128 valence electrons.